The van der Waals surface area contributed by atoms with E-state index in [4.69, 9.17) is 0 Å². The molecule has 2 rings (SSSR count). The van der Waals surface area contributed by atoms with Crippen LogP contribution in [0.4, 0.5) is 0 Å². The molecule has 0 amide bonds. The van der Waals surface area contributed by atoms with E-state index in [1.807, 2.05) is 0 Å². The molecule has 0 radical (unpaired) electrons. The molecule has 19 heavy (non-hydrogen) atoms. The molecule has 2 atom stereocenters. The third-order valence-corrected chi connectivity index (χ3v) is 4.94. The van der Waals surface area contributed by atoms with Crippen molar-refractivity contribution in [3.8, 4) is 0 Å². The summed E-state index contributed by atoms with van der Waals surface area (Å²) in [5.41, 5.74) is 0.313. The minimum atomic E-state index is 0.313. The zero-order valence-corrected chi connectivity index (χ0v) is 13.3. The summed E-state index contributed by atoms with van der Waals surface area (Å²) >= 11 is 0. The Morgan fingerprint density at radius 3 is 2.37 bits per heavy atom. The van der Waals surface area contributed by atoms with Gasteiger partial charge in [-0.15, -0.1) is 0 Å². The average Bonchev–Trinajstić information content (AvgIpc) is 2.37. The summed E-state index contributed by atoms with van der Waals surface area (Å²) in [5, 5.41) is 3.72. The summed E-state index contributed by atoms with van der Waals surface area (Å²) in [4.78, 5) is 7.55. The van der Waals surface area contributed by atoms with E-state index < -0.39 is 0 Å². The standard InChI is InChI=1S/C15H32N4/c1-14(19-11-9-17(3)10-12-19)5-6-15(2)13-18(4)8-7-16-15/h14,16H,5-13H2,1-4H3/t14-,15?/m1/s1. The van der Waals surface area contributed by atoms with Crippen LogP contribution >= 0.6 is 0 Å². The molecule has 1 N–H and O–H groups in total. The maximum absolute atomic E-state index is 3.72. The molecule has 2 fully saturated rings. The third kappa shape index (κ3) is 4.42. The Labute approximate surface area is 119 Å². The van der Waals surface area contributed by atoms with Crippen LogP contribution in [0.3, 0.4) is 0 Å². The first kappa shape index (κ1) is 15.2. The minimum absolute atomic E-state index is 0.313. The molecule has 0 aliphatic carbocycles. The summed E-state index contributed by atoms with van der Waals surface area (Å²) in [6.45, 7) is 13.2. The highest BCUT2D eigenvalue weighted by Crippen LogP contribution is 2.20. The van der Waals surface area contributed by atoms with Gasteiger partial charge in [-0.25, -0.2) is 0 Å². The average molecular weight is 268 g/mol. The maximum Gasteiger partial charge on any atom is 0.0281 e. The van der Waals surface area contributed by atoms with Crippen molar-refractivity contribution in [2.24, 2.45) is 0 Å². The van der Waals surface area contributed by atoms with E-state index in [1.54, 1.807) is 0 Å². The molecule has 0 spiro atoms. The molecule has 0 saturated carbocycles. The summed E-state index contributed by atoms with van der Waals surface area (Å²) in [7, 11) is 4.47. The van der Waals surface area contributed by atoms with Gasteiger partial charge in [0.25, 0.3) is 0 Å². The highest BCUT2D eigenvalue weighted by Gasteiger charge is 2.30. The van der Waals surface area contributed by atoms with Crippen molar-refractivity contribution < 1.29 is 0 Å². The molecule has 0 aromatic heterocycles. The van der Waals surface area contributed by atoms with Crippen molar-refractivity contribution >= 4 is 0 Å². The van der Waals surface area contributed by atoms with Gasteiger partial charge in [0, 0.05) is 57.4 Å². The van der Waals surface area contributed by atoms with Crippen LogP contribution in [-0.4, -0.2) is 86.2 Å². The van der Waals surface area contributed by atoms with Gasteiger partial charge in [0.15, 0.2) is 0 Å². The number of nitrogens with one attached hydrogen (secondary N) is 1. The van der Waals surface area contributed by atoms with Gasteiger partial charge in [-0.1, -0.05) is 0 Å². The molecule has 1 unspecified atom stereocenters. The number of rotatable bonds is 4. The molecule has 0 aromatic carbocycles. The van der Waals surface area contributed by atoms with Gasteiger partial charge in [0.2, 0.25) is 0 Å². The number of hydrogen-bond acceptors (Lipinski definition) is 4. The Morgan fingerprint density at radius 2 is 1.74 bits per heavy atom. The topological polar surface area (TPSA) is 21.8 Å². The molecular formula is C15H32N4. The first-order chi connectivity index (χ1) is 8.98. The lowest BCUT2D eigenvalue weighted by molar-refractivity contribution is 0.0994. The van der Waals surface area contributed by atoms with Crippen molar-refractivity contribution in [3.05, 3.63) is 0 Å². The third-order valence-electron chi connectivity index (χ3n) is 4.94. The molecule has 4 heteroatoms. The van der Waals surface area contributed by atoms with Gasteiger partial charge in [-0.05, 0) is 40.8 Å². The fourth-order valence-corrected chi connectivity index (χ4v) is 3.42. The van der Waals surface area contributed by atoms with Crippen molar-refractivity contribution in [2.75, 3.05) is 59.9 Å². The van der Waals surface area contributed by atoms with Gasteiger partial charge < -0.3 is 15.1 Å². The van der Waals surface area contributed by atoms with E-state index in [9.17, 15) is 0 Å². The summed E-state index contributed by atoms with van der Waals surface area (Å²) in [6, 6.07) is 0.722. The van der Waals surface area contributed by atoms with Crippen LogP contribution in [0.1, 0.15) is 26.7 Å². The van der Waals surface area contributed by atoms with Gasteiger partial charge >= 0.3 is 0 Å². The van der Waals surface area contributed by atoms with Gasteiger partial charge in [-0.3, -0.25) is 4.90 Å². The number of likely N-dealkylation sites (N-methyl/N-ethyl adjacent to an activating group) is 2. The Hall–Kier alpha value is -0.160. The second-order valence-corrected chi connectivity index (χ2v) is 6.95. The molecule has 2 heterocycles. The minimum Gasteiger partial charge on any atom is -0.309 e. The van der Waals surface area contributed by atoms with Crippen molar-refractivity contribution in [3.63, 3.8) is 0 Å². The molecule has 0 bridgehead atoms. The molecule has 2 saturated heterocycles. The fraction of sp³-hybridized carbons (Fsp3) is 1.00. The number of hydrogen-bond donors (Lipinski definition) is 1. The molecule has 2 aliphatic rings. The zero-order valence-electron chi connectivity index (χ0n) is 13.3. The number of nitrogens with zero attached hydrogens (tertiary/aromatic N) is 3. The Balaban J connectivity index is 1.75. The van der Waals surface area contributed by atoms with Crippen LogP contribution in [0.15, 0.2) is 0 Å². The fourth-order valence-electron chi connectivity index (χ4n) is 3.42. The predicted octanol–water partition coefficient (Wildman–Crippen LogP) is 0.696. The summed E-state index contributed by atoms with van der Waals surface area (Å²) in [6.07, 6.45) is 2.59. The maximum atomic E-state index is 3.72. The van der Waals surface area contributed by atoms with Crippen LogP contribution in [0.25, 0.3) is 0 Å². The van der Waals surface area contributed by atoms with Crippen LogP contribution in [-0.2, 0) is 0 Å². The lowest BCUT2D eigenvalue weighted by atomic mass is 9.91. The van der Waals surface area contributed by atoms with E-state index in [-0.39, 0.29) is 0 Å². The number of piperazine rings is 2. The first-order valence-corrected chi connectivity index (χ1v) is 7.85. The van der Waals surface area contributed by atoms with E-state index in [1.165, 1.54) is 52.1 Å². The first-order valence-electron chi connectivity index (χ1n) is 7.85. The van der Waals surface area contributed by atoms with Gasteiger partial charge in [-0.2, -0.15) is 0 Å². The summed E-state index contributed by atoms with van der Waals surface area (Å²) in [5.74, 6) is 0. The highest BCUT2D eigenvalue weighted by molar-refractivity contribution is 4.91. The van der Waals surface area contributed by atoms with Crippen LogP contribution in [0.5, 0.6) is 0 Å². The van der Waals surface area contributed by atoms with E-state index in [0.29, 0.717) is 5.54 Å². The normalized spacial score (nSPS) is 33.5. The lowest BCUT2D eigenvalue weighted by Crippen LogP contribution is -2.58. The predicted molar refractivity (Wildman–Crippen MR) is 81.7 cm³/mol. The SMILES string of the molecule is C[C@H](CCC1(C)CN(C)CCN1)N1CCN(C)CC1. The molecule has 112 valence electrons. The van der Waals surface area contributed by atoms with Crippen LogP contribution < -0.4 is 5.32 Å². The Morgan fingerprint density at radius 1 is 1.05 bits per heavy atom. The highest BCUT2D eigenvalue weighted by atomic mass is 15.3. The molecule has 4 nitrogen and oxygen atoms in total. The molecule has 0 aromatic rings. The zero-order chi connectivity index (χ0) is 13.9. The monoisotopic (exact) mass is 268 g/mol. The van der Waals surface area contributed by atoms with E-state index >= 15 is 0 Å². The van der Waals surface area contributed by atoms with Crippen molar-refractivity contribution in [1.82, 2.24) is 20.0 Å². The Bertz CT molecular complexity index is 275. The largest absolute Gasteiger partial charge is 0.309 e. The van der Waals surface area contributed by atoms with Crippen molar-refractivity contribution in [1.29, 1.82) is 0 Å². The molecular weight excluding hydrogens is 236 g/mol. The van der Waals surface area contributed by atoms with E-state index in [2.05, 4.69) is 48.0 Å². The smallest absolute Gasteiger partial charge is 0.0281 e. The Kier molecular flexibility index (Phi) is 5.23. The lowest BCUT2D eigenvalue weighted by Gasteiger charge is -2.42. The summed E-state index contributed by atoms with van der Waals surface area (Å²) < 4.78 is 0. The van der Waals surface area contributed by atoms with Crippen LogP contribution in [0, 0.1) is 0 Å². The van der Waals surface area contributed by atoms with Crippen molar-refractivity contribution in [2.45, 2.75) is 38.3 Å². The van der Waals surface area contributed by atoms with E-state index in [0.717, 1.165) is 12.6 Å². The molecule has 2 aliphatic heterocycles. The van der Waals surface area contributed by atoms with Gasteiger partial charge in [0.05, 0.1) is 0 Å². The quantitative estimate of drug-likeness (QED) is 0.810. The van der Waals surface area contributed by atoms with Gasteiger partial charge in [0.1, 0.15) is 0 Å². The second-order valence-electron chi connectivity index (χ2n) is 6.95. The second kappa shape index (κ2) is 6.53. The van der Waals surface area contributed by atoms with Crippen LogP contribution in [0.2, 0.25) is 0 Å².